The first kappa shape index (κ1) is 16.3. The number of hydrogen-bond donors (Lipinski definition) is 2. The van der Waals surface area contributed by atoms with Gasteiger partial charge in [0.25, 0.3) is 5.91 Å². The minimum absolute atomic E-state index is 0.00809. The molecule has 0 aromatic heterocycles. The Morgan fingerprint density at radius 1 is 1.04 bits per heavy atom. The van der Waals surface area contributed by atoms with Gasteiger partial charge in [-0.2, -0.15) is 0 Å². The van der Waals surface area contributed by atoms with E-state index in [0.29, 0.717) is 30.2 Å². The molecule has 1 fully saturated rings. The average Bonchev–Trinajstić information content (AvgIpc) is 2.69. The van der Waals surface area contributed by atoms with Gasteiger partial charge in [-0.25, -0.2) is 4.79 Å². The standard InChI is InChI=1S/C19H20N4O3/c24-18-13-26-17-12-14(6-7-16(17)21-18)20-19(25)23-10-8-22(9-11-23)15-4-2-1-3-5-15/h1-7,12H,8-11,13H2,(H,20,25)(H,21,24). The average molecular weight is 352 g/mol. The molecule has 0 spiro atoms. The summed E-state index contributed by atoms with van der Waals surface area (Å²) >= 11 is 0. The molecule has 2 aliphatic rings. The summed E-state index contributed by atoms with van der Waals surface area (Å²) in [6.45, 7) is 2.93. The van der Waals surface area contributed by atoms with Gasteiger partial charge in [-0.05, 0) is 24.3 Å². The molecule has 2 N–H and O–H groups in total. The Morgan fingerprint density at radius 2 is 1.81 bits per heavy atom. The van der Waals surface area contributed by atoms with Gasteiger partial charge in [0.2, 0.25) is 0 Å². The van der Waals surface area contributed by atoms with Crippen LogP contribution in [-0.4, -0.2) is 49.6 Å². The third kappa shape index (κ3) is 3.42. The predicted octanol–water partition coefficient (Wildman–Crippen LogP) is 2.37. The van der Waals surface area contributed by atoms with Crippen LogP contribution in [0.4, 0.5) is 21.9 Å². The largest absolute Gasteiger partial charge is 0.482 e. The fourth-order valence-corrected chi connectivity index (χ4v) is 3.16. The summed E-state index contributed by atoms with van der Waals surface area (Å²) in [6.07, 6.45) is 0. The molecule has 0 saturated carbocycles. The van der Waals surface area contributed by atoms with E-state index in [1.807, 2.05) is 23.1 Å². The lowest BCUT2D eigenvalue weighted by Gasteiger charge is -2.36. The molecule has 0 aliphatic carbocycles. The quantitative estimate of drug-likeness (QED) is 0.870. The van der Waals surface area contributed by atoms with Gasteiger partial charge in [-0.1, -0.05) is 18.2 Å². The van der Waals surface area contributed by atoms with Crippen LogP contribution in [0.5, 0.6) is 5.75 Å². The van der Waals surface area contributed by atoms with Gasteiger partial charge >= 0.3 is 6.03 Å². The SMILES string of the molecule is O=C1COc2cc(NC(=O)N3CCN(c4ccccc4)CC3)ccc2N1. The van der Waals surface area contributed by atoms with E-state index in [-0.39, 0.29) is 18.5 Å². The molecule has 2 aromatic carbocycles. The van der Waals surface area contributed by atoms with Crippen molar-refractivity contribution in [3.8, 4) is 5.75 Å². The number of carbonyl (C=O) groups is 2. The number of rotatable bonds is 2. The molecule has 7 nitrogen and oxygen atoms in total. The number of hydrogen-bond acceptors (Lipinski definition) is 4. The highest BCUT2D eigenvalue weighted by Gasteiger charge is 2.22. The summed E-state index contributed by atoms with van der Waals surface area (Å²) in [4.78, 5) is 27.9. The Bertz CT molecular complexity index is 817. The lowest BCUT2D eigenvalue weighted by molar-refractivity contribution is -0.118. The monoisotopic (exact) mass is 352 g/mol. The second-order valence-electron chi connectivity index (χ2n) is 6.29. The van der Waals surface area contributed by atoms with Crippen LogP contribution in [0.25, 0.3) is 0 Å². The molecule has 0 atom stereocenters. The summed E-state index contributed by atoms with van der Waals surface area (Å²) in [5.74, 6) is 0.391. The number of nitrogens with one attached hydrogen (secondary N) is 2. The van der Waals surface area contributed by atoms with Crippen molar-refractivity contribution < 1.29 is 14.3 Å². The number of anilines is 3. The van der Waals surface area contributed by atoms with E-state index in [1.54, 1.807) is 18.2 Å². The molecule has 4 rings (SSSR count). The highest BCUT2D eigenvalue weighted by atomic mass is 16.5. The first-order valence-electron chi connectivity index (χ1n) is 8.62. The maximum absolute atomic E-state index is 12.5. The van der Waals surface area contributed by atoms with Crippen molar-refractivity contribution in [2.24, 2.45) is 0 Å². The summed E-state index contributed by atoms with van der Waals surface area (Å²) in [6, 6.07) is 15.3. The lowest BCUT2D eigenvalue weighted by atomic mass is 10.2. The summed E-state index contributed by atoms with van der Waals surface area (Å²) in [5, 5.41) is 5.63. The van der Waals surface area contributed by atoms with E-state index in [4.69, 9.17) is 4.74 Å². The topological polar surface area (TPSA) is 73.9 Å². The van der Waals surface area contributed by atoms with Gasteiger partial charge < -0.3 is 25.2 Å². The number of benzene rings is 2. The predicted molar refractivity (Wildman–Crippen MR) is 99.8 cm³/mol. The molecular weight excluding hydrogens is 332 g/mol. The maximum Gasteiger partial charge on any atom is 0.321 e. The van der Waals surface area contributed by atoms with Crippen molar-refractivity contribution in [3.63, 3.8) is 0 Å². The molecule has 2 aromatic rings. The highest BCUT2D eigenvalue weighted by molar-refractivity contribution is 5.96. The minimum Gasteiger partial charge on any atom is -0.482 e. The number of fused-ring (bicyclic) bond motifs is 1. The van der Waals surface area contributed by atoms with E-state index in [0.717, 1.165) is 13.1 Å². The van der Waals surface area contributed by atoms with Gasteiger partial charge in [0, 0.05) is 43.6 Å². The number of piperazine rings is 1. The van der Waals surface area contributed by atoms with Crippen molar-refractivity contribution in [3.05, 3.63) is 48.5 Å². The van der Waals surface area contributed by atoms with E-state index in [2.05, 4.69) is 27.7 Å². The third-order valence-electron chi connectivity index (χ3n) is 4.55. The van der Waals surface area contributed by atoms with Crippen LogP contribution in [0.3, 0.4) is 0 Å². The van der Waals surface area contributed by atoms with Crippen molar-refractivity contribution in [2.45, 2.75) is 0 Å². The normalized spacial score (nSPS) is 16.4. The van der Waals surface area contributed by atoms with Gasteiger partial charge in [0.05, 0.1) is 5.69 Å². The maximum atomic E-state index is 12.5. The fraction of sp³-hybridized carbons (Fsp3) is 0.263. The molecule has 134 valence electrons. The molecule has 2 aliphatic heterocycles. The van der Waals surface area contributed by atoms with Crippen molar-refractivity contribution in [2.75, 3.05) is 48.3 Å². The summed E-state index contributed by atoms with van der Waals surface area (Å²) in [5.41, 5.74) is 2.45. The van der Waals surface area contributed by atoms with Crippen LogP contribution in [0, 0.1) is 0 Å². The third-order valence-corrected chi connectivity index (χ3v) is 4.55. The van der Waals surface area contributed by atoms with Crippen molar-refractivity contribution in [1.82, 2.24) is 4.90 Å². The number of amides is 3. The molecule has 0 unspecified atom stereocenters. The van der Waals surface area contributed by atoms with Gasteiger partial charge in [0.15, 0.2) is 6.61 Å². The van der Waals surface area contributed by atoms with E-state index in [1.165, 1.54) is 5.69 Å². The fourth-order valence-electron chi connectivity index (χ4n) is 3.16. The lowest BCUT2D eigenvalue weighted by Crippen LogP contribution is -2.50. The van der Waals surface area contributed by atoms with Crippen LogP contribution in [0.2, 0.25) is 0 Å². The van der Waals surface area contributed by atoms with Crippen LogP contribution in [0.15, 0.2) is 48.5 Å². The molecular formula is C19H20N4O3. The first-order chi connectivity index (χ1) is 12.7. The number of para-hydroxylation sites is 1. The zero-order valence-electron chi connectivity index (χ0n) is 14.3. The smallest absolute Gasteiger partial charge is 0.321 e. The van der Waals surface area contributed by atoms with Crippen molar-refractivity contribution >= 4 is 29.0 Å². The Balaban J connectivity index is 1.35. The summed E-state index contributed by atoms with van der Waals surface area (Å²) in [7, 11) is 0. The number of urea groups is 1. The number of nitrogens with zero attached hydrogens (tertiary/aromatic N) is 2. The Labute approximate surface area is 151 Å². The zero-order chi connectivity index (χ0) is 17.9. The molecule has 0 radical (unpaired) electrons. The molecule has 2 heterocycles. The van der Waals surface area contributed by atoms with Crippen molar-refractivity contribution in [1.29, 1.82) is 0 Å². The van der Waals surface area contributed by atoms with E-state index < -0.39 is 0 Å². The summed E-state index contributed by atoms with van der Waals surface area (Å²) < 4.78 is 5.38. The molecule has 3 amide bonds. The number of carbonyl (C=O) groups excluding carboxylic acids is 2. The van der Waals surface area contributed by atoms with Crippen LogP contribution in [-0.2, 0) is 4.79 Å². The van der Waals surface area contributed by atoms with E-state index >= 15 is 0 Å². The molecule has 26 heavy (non-hydrogen) atoms. The second kappa shape index (κ2) is 6.95. The Hall–Kier alpha value is -3.22. The van der Waals surface area contributed by atoms with Crippen LogP contribution < -0.4 is 20.3 Å². The minimum atomic E-state index is -0.175. The first-order valence-corrected chi connectivity index (χ1v) is 8.62. The van der Waals surface area contributed by atoms with Gasteiger partial charge in [-0.3, -0.25) is 4.79 Å². The van der Waals surface area contributed by atoms with Gasteiger partial charge in [-0.15, -0.1) is 0 Å². The van der Waals surface area contributed by atoms with Gasteiger partial charge in [0.1, 0.15) is 5.75 Å². The highest BCUT2D eigenvalue weighted by Crippen LogP contribution is 2.30. The Morgan fingerprint density at radius 3 is 2.58 bits per heavy atom. The molecule has 1 saturated heterocycles. The van der Waals surface area contributed by atoms with Crippen LogP contribution in [0.1, 0.15) is 0 Å². The molecule has 0 bridgehead atoms. The Kier molecular flexibility index (Phi) is 4.35. The van der Waals surface area contributed by atoms with E-state index in [9.17, 15) is 9.59 Å². The zero-order valence-corrected chi connectivity index (χ0v) is 14.3. The number of ether oxygens (including phenoxy) is 1. The molecule has 7 heteroatoms. The second-order valence-corrected chi connectivity index (χ2v) is 6.29. The van der Waals surface area contributed by atoms with Crippen LogP contribution >= 0.6 is 0 Å².